The molecule has 5 heteroatoms. The van der Waals surface area contributed by atoms with E-state index in [1.807, 2.05) is 13.0 Å². The average molecular weight is 264 g/mol. The van der Waals surface area contributed by atoms with Gasteiger partial charge in [-0.3, -0.25) is 4.98 Å². The van der Waals surface area contributed by atoms with Gasteiger partial charge >= 0.3 is 6.61 Å². The molecule has 3 nitrogen and oxygen atoms in total. The first-order valence-electron chi connectivity index (χ1n) is 5.83. The van der Waals surface area contributed by atoms with Crippen LogP contribution in [0.4, 0.5) is 14.5 Å². The van der Waals surface area contributed by atoms with Crippen molar-refractivity contribution < 1.29 is 13.5 Å². The van der Waals surface area contributed by atoms with E-state index in [4.69, 9.17) is 0 Å². The van der Waals surface area contributed by atoms with Crippen LogP contribution in [0.2, 0.25) is 0 Å². The summed E-state index contributed by atoms with van der Waals surface area (Å²) in [6, 6.07) is 8.35. The fourth-order valence-corrected chi connectivity index (χ4v) is 1.63. The maximum absolute atomic E-state index is 12.0. The van der Waals surface area contributed by atoms with Crippen LogP contribution in [0.5, 0.6) is 5.75 Å². The Balaban J connectivity index is 1.95. The first-order valence-corrected chi connectivity index (χ1v) is 5.83. The predicted molar refractivity (Wildman–Crippen MR) is 69.4 cm³/mol. The van der Waals surface area contributed by atoms with Gasteiger partial charge in [0.2, 0.25) is 0 Å². The minimum atomic E-state index is -2.79. The number of anilines is 1. The number of hydrogen-bond acceptors (Lipinski definition) is 3. The Bertz CT molecular complexity index is 529. The molecule has 2 rings (SSSR count). The zero-order valence-corrected chi connectivity index (χ0v) is 10.4. The highest BCUT2D eigenvalue weighted by molar-refractivity contribution is 5.47. The Morgan fingerprint density at radius 1 is 1.21 bits per heavy atom. The molecule has 0 radical (unpaired) electrons. The molecule has 1 aromatic carbocycles. The summed E-state index contributed by atoms with van der Waals surface area (Å²) in [5, 5.41) is 3.20. The molecule has 19 heavy (non-hydrogen) atoms. The van der Waals surface area contributed by atoms with Crippen LogP contribution >= 0.6 is 0 Å². The van der Waals surface area contributed by atoms with Gasteiger partial charge < -0.3 is 10.1 Å². The fraction of sp³-hybridized carbons (Fsp3) is 0.214. The molecule has 1 heterocycles. The van der Waals surface area contributed by atoms with Crippen molar-refractivity contribution in [2.75, 3.05) is 5.32 Å². The van der Waals surface area contributed by atoms with Gasteiger partial charge in [-0.15, -0.1) is 0 Å². The van der Waals surface area contributed by atoms with Crippen LogP contribution in [0, 0.1) is 6.92 Å². The molecule has 0 unspecified atom stereocenters. The third-order valence-electron chi connectivity index (χ3n) is 2.71. The van der Waals surface area contributed by atoms with Crippen LogP contribution < -0.4 is 10.1 Å². The lowest BCUT2D eigenvalue weighted by atomic mass is 10.1. The molecule has 0 aliphatic carbocycles. The van der Waals surface area contributed by atoms with Gasteiger partial charge in [0.25, 0.3) is 0 Å². The summed E-state index contributed by atoms with van der Waals surface area (Å²) in [4.78, 5) is 4.06. The number of ether oxygens (including phenoxy) is 1. The maximum atomic E-state index is 12.0. The highest BCUT2D eigenvalue weighted by Gasteiger charge is 2.03. The molecule has 0 fully saturated rings. The molecule has 1 aromatic heterocycles. The van der Waals surface area contributed by atoms with Crippen LogP contribution in [0.1, 0.15) is 11.1 Å². The quantitative estimate of drug-likeness (QED) is 0.895. The Hall–Kier alpha value is -2.17. The molecule has 2 aromatic rings. The van der Waals surface area contributed by atoms with E-state index in [1.165, 1.54) is 12.1 Å². The molecule has 0 saturated carbocycles. The van der Waals surface area contributed by atoms with Crippen LogP contribution in [0.25, 0.3) is 0 Å². The van der Waals surface area contributed by atoms with E-state index < -0.39 is 6.61 Å². The van der Waals surface area contributed by atoms with Crippen LogP contribution in [0.3, 0.4) is 0 Å². The topological polar surface area (TPSA) is 34.2 Å². The molecule has 0 bridgehead atoms. The summed E-state index contributed by atoms with van der Waals surface area (Å²) in [5.41, 5.74) is 3.08. The fourth-order valence-electron chi connectivity index (χ4n) is 1.63. The molecular weight excluding hydrogens is 250 g/mol. The lowest BCUT2D eigenvalue weighted by Gasteiger charge is -2.09. The van der Waals surface area contributed by atoms with Crippen LogP contribution in [0.15, 0.2) is 42.7 Å². The van der Waals surface area contributed by atoms with E-state index in [9.17, 15) is 8.78 Å². The van der Waals surface area contributed by atoms with E-state index in [0.29, 0.717) is 6.54 Å². The number of aryl methyl sites for hydroxylation is 1. The van der Waals surface area contributed by atoms with Gasteiger partial charge in [-0.1, -0.05) is 0 Å². The third-order valence-corrected chi connectivity index (χ3v) is 2.71. The smallest absolute Gasteiger partial charge is 0.387 e. The van der Waals surface area contributed by atoms with Crippen molar-refractivity contribution in [3.8, 4) is 5.75 Å². The van der Waals surface area contributed by atoms with E-state index >= 15 is 0 Å². The number of hydrogen-bond donors (Lipinski definition) is 1. The van der Waals surface area contributed by atoms with Crippen molar-refractivity contribution in [3.63, 3.8) is 0 Å². The van der Waals surface area contributed by atoms with Crippen molar-refractivity contribution in [1.82, 2.24) is 4.98 Å². The number of pyridine rings is 1. The molecule has 1 N–H and O–H groups in total. The minimum absolute atomic E-state index is 0.151. The lowest BCUT2D eigenvalue weighted by Crippen LogP contribution is -2.03. The number of halogens is 2. The summed E-state index contributed by atoms with van der Waals surface area (Å²) in [6.07, 6.45) is 3.55. The Labute approximate surface area is 110 Å². The Morgan fingerprint density at radius 3 is 2.58 bits per heavy atom. The van der Waals surface area contributed by atoms with E-state index in [1.54, 1.807) is 24.5 Å². The molecule has 0 aliphatic heterocycles. The summed E-state index contributed by atoms with van der Waals surface area (Å²) in [7, 11) is 0. The zero-order chi connectivity index (χ0) is 13.7. The van der Waals surface area contributed by atoms with Gasteiger partial charge in [-0.25, -0.2) is 0 Å². The standard InChI is InChI=1S/C14H14F2N2O/c1-10-6-7-17-8-11(10)9-18-12-2-4-13(5-3-12)19-14(15)16/h2-8,14,18H,9H2,1H3. The number of nitrogens with zero attached hydrogens (tertiary/aromatic N) is 1. The van der Waals surface area contributed by atoms with Crippen molar-refractivity contribution >= 4 is 5.69 Å². The van der Waals surface area contributed by atoms with E-state index in [0.717, 1.165) is 16.8 Å². The maximum Gasteiger partial charge on any atom is 0.387 e. The van der Waals surface area contributed by atoms with Gasteiger partial charge in [-0.2, -0.15) is 8.78 Å². The van der Waals surface area contributed by atoms with Crippen molar-refractivity contribution in [1.29, 1.82) is 0 Å². The average Bonchev–Trinajstić information content (AvgIpc) is 2.39. The summed E-state index contributed by atoms with van der Waals surface area (Å²) in [5.74, 6) is 0.151. The van der Waals surface area contributed by atoms with Crippen molar-refractivity contribution in [2.45, 2.75) is 20.1 Å². The highest BCUT2D eigenvalue weighted by atomic mass is 19.3. The minimum Gasteiger partial charge on any atom is -0.435 e. The predicted octanol–water partition coefficient (Wildman–Crippen LogP) is 3.60. The first-order chi connectivity index (χ1) is 9.15. The van der Waals surface area contributed by atoms with E-state index in [-0.39, 0.29) is 5.75 Å². The molecule has 0 amide bonds. The highest BCUT2D eigenvalue weighted by Crippen LogP contribution is 2.18. The van der Waals surface area contributed by atoms with Crippen molar-refractivity contribution in [2.24, 2.45) is 0 Å². The molecule has 100 valence electrons. The number of benzene rings is 1. The molecule has 0 aliphatic rings. The van der Waals surface area contributed by atoms with Gasteiger partial charge in [0.05, 0.1) is 0 Å². The second kappa shape index (κ2) is 6.13. The Morgan fingerprint density at radius 2 is 1.95 bits per heavy atom. The Kier molecular flexibility index (Phi) is 4.28. The normalized spacial score (nSPS) is 10.5. The molecule has 0 atom stereocenters. The molecular formula is C14H14F2N2O. The van der Waals surface area contributed by atoms with Gasteiger partial charge in [0, 0.05) is 24.6 Å². The van der Waals surface area contributed by atoms with Crippen LogP contribution in [-0.4, -0.2) is 11.6 Å². The number of rotatable bonds is 5. The summed E-state index contributed by atoms with van der Waals surface area (Å²) >= 11 is 0. The monoisotopic (exact) mass is 264 g/mol. The molecule has 0 saturated heterocycles. The SMILES string of the molecule is Cc1ccncc1CNc1ccc(OC(F)F)cc1. The van der Waals surface area contributed by atoms with Crippen molar-refractivity contribution in [3.05, 3.63) is 53.9 Å². The number of alkyl halides is 2. The summed E-state index contributed by atoms with van der Waals surface area (Å²) in [6.45, 7) is -0.149. The van der Waals surface area contributed by atoms with Gasteiger partial charge in [-0.05, 0) is 48.4 Å². The second-order valence-corrected chi connectivity index (χ2v) is 4.06. The third kappa shape index (κ3) is 3.91. The molecule has 0 spiro atoms. The zero-order valence-electron chi connectivity index (χ0n) is 10.4. The second-order valence-electron chi connectivity index (χ2n) is 4.06. The first kappa shape index (κ1) is 13.3. The lowest BCUT2D eigenvalue weighted by molar-refractivity contribution is -0.0498. The van der Waals surface area contributed by atoms with Crippen LogP contribution in [-0.2, 0) is 6.54 Å². The number of aromatic nitrogens is 1. The van der Waals surface area contributed by atoms with Gasteiger partial charge in [0.1, 0.15) is 5.75 Å². The summed E-state index contributed by atoms with van der Waals surface area (Å²) < 4.78 is 28.3. The van der Waals surface area contributed by atoms with E-state index in [2.05, 4.69) is 15.0 Å². The number of nitrogens with one attached hydrogen (secondary N) is 1. The largest absolute Gasteiger partial charge is 0.435 e. The van der Waals surface area contributed by atoms with Gasteiger partial charge in [0.15, 0.2) is 0 Å².